The van der Waals surface area contributed by atoms with E-state index in [4.69, 9.17) is 18.9 Å². The van der Waals surface area contributed by atoms with Crippen molar-refractivity contribution in [1.82, 2.24) is 0 Å². The van der Waals surface area contributed by atoms with Crippen molar-refractivity contribution in [3.63, 3.8) is 0 Å². The molecule has 1 aliphatic heterocycles. The molecule has 0 aromatic carbocycles. The Labute approximate surface area is 224 Å². The van der Waals surface area contributed by atoms with Gasteiger partial charge in [-0.15, -0.1) is 0 Å². The third-order valence-electron chi connectivity index (χ3n) is 11.0. The van der Waals surface area contributed by atoms with Gasteiger partial charge in [-0.2, -0.15) is 0 Å². The second kappa shape index (κ2) is 9.39. The fourth-order valence-corrected chi connectivity index (χ4v) is 9.64. The van der Waals surface area contributed by atoms with Gasteiger partial charge in [0.15, 0.2) is 12.4 Å². The number of carbonyl (C=O) groups is 3. The predicted molar refractivity (Wildman–Crippen MR) is 135 cm³/mol. The molecule has 38 heavy (non-hydrogen) atoms. The first-order chi connectivity index (χ1) is 17.9. The number of aliphatic hydroxyl groups is 1. The van der Waals surface area contributed by atoms with Crippen LogP contribution in [0.25, 0.3) is 0 Å². The monoisotopic (exact) mass is 534 g/mol. The maximum atomic E-state index is 13.6. The number of hydrogen-bond donors (Lipinski definition) is 2. The molecule has 1 heterocycles. The first-order valence-electron chi connectivity index (χ1n) is 14.0. The number of fused-ring (bicyclic) bond motifs is 2. The van der Waals surface area contributed by atoms with Gasteiger partial charge in [0.2, 0.25) is 0 Å². The highest BCUT2D eigenvalue weighted by Gasteiger charge is 2.84. The second-order valence-electron chi connectivity index (χ2n) is 12.8. The van der Waals surface area contributed by atoms with Crippen LogP contribution in [0.3, 0.4) is 0 Å². The molecule has 2 N–H and O–H groups in total. The van der Waals surface area contributed by atoms with E-state index in [1.54, 1.807) is 6.92 Å². The lowest BCUT2D eigenvalue weighted by Crippen LogP contribution is -2.64. The van der Waals surface area contributed by atoms with E-state index < -0.39 is 58.9 Å². The average molecular weight is 535 g/mol. The van der Waals surface area contributed by atoms with Crippen LogP contribution in [0, 0.1) is 45.8 Å². The first-order valence-corrected chi connectivity index (χ1v) is 14.0. The van der Waals surface area contributed by atoms with Crippen molar-refractivity contribution >= 4 is 18.2 Å². The Morgan fingerprint density at radius 3 is 2.50 bits per heavy atom. The molecule has 5 aliphatic rings. The van der Waals surface area contributed by atoms with Gasteiger partial charge in [0.1, 0.15) is 23.9 Å². The van der Waals surface area contributed by atoms with Crippen LogP contribution in [-0.4, -0.2) is 72.9 Å². The fourth-order valence-electron chi connectivity index (χ4n) is 9.64. The molecule has 5 rings (SSSR count). The summed E-state index contributed by atoms with van der Waals surface area (Å²) >= 11 is 0. The summed E-state index contributed by atoms with van der Waals surface area (Å²) in [6.45, 7) is 9.24. The lowest BCUT2D eigenvalue weighted by atomic mass is 9.43. The number of aliphatic hydroxyl groups excluding tert-OH is 1. The summed E-state index contributed by atoms with van der Waals surface area (Å²) in [5.41, 5.74) is -2.39. The highest BCUT2D eigenvalue weighted by atomic mass is 16.7. The van der Waals surface area contributed by atoms with Gasteiger partial charge in [0.25, 0.3) is 0 Å². The van der Waals surface area contributed by atoms with Crippen LogP contribution in [0.4, 0.5) is 0 Å². The topological polar surface area (TPSA) is 129 Å². The number of esters is 1. The fraction of sp³-hybridized carbons (Fsp3) is 0.828. The Kier molecular flexibility index (Phi) is 6.86. The number of carbonyl (C=O) groups excluding carboxylic acids is 2. The van der Waals surface area contributed by atoms with Gasteiger partial charge in [-0.05, 0) is 55.8 Å². The molecule has 4 bridgehead atoms. The van der Waals surface area contributed by atoms with Crippen LogP contribution >= 0.6 is 0 Å². The SMILES string of the molecule is COC1C(C)OC(OCC23CC4C(C)CCC4C4(C=O)CC2C=C(C(C)C)C43C(=O)O)C(O)C1OC(C)=O. The van der Waals surface area contributed by atoms with E-state index in [0.717, 1.165) is 24.7 Å². The van der Waals surface area contributed by atoms with Gasteiger partial charge in [-0.25, -0.2) is 0 Å². The molecule has 0 radical (unpaired) electrons. The number of allylic oxidation sites excluding steroid dienone is 1. The van der Waals surface area contributed by atoms with E-state index in [1.807, 2.05) is 13.8 Å². The van der Waals surface area contributed by atoms with Crippen molar-refractivity contribution in [2.45, 2.75) is 91.0 Å². The normalized spacial score (nSPS) is 49.1. The van der Waals surface area contributed by atoms with E-state index in [1.165, 1.54) is 14.0 Å². The molecule has 212 valence electrons. The maximum Gasteiger partial charge on any atom is 0.315 e. The quantitative estimate of drug-likeness (QED) is 0.274. The molecular weight excluding hydrogens is 492 g/mol. The number of hydrogen-bond acceptors (Lipinski definition) is 8. The standard InChI is InChI=1S/C29H42O9/c1-14(2)21-9-18-10-27(12-30)20-8-7-15(3)19(20)11-28(18,29(21,27)26(33)34)13-36-25-22(32)24(38-17(5)31)23(35-6)16(4)37-25/h9,12,14-16,18-20,22-25,32H,7-8,10-11,13H2,1-6H3,(H,33,34). The minimum Gasteiger partial charge on any atom is -0.481 e. The van der Waals surface area contributed by atoms with E-state index >= 15 is 0 Å². The van der Waals surface area contributed by atoms with Crippen LogP contribution in [0.5, 0.6) is 0 Å². The summed E-state index contributed by atoms with van der Waals surface area (Å²) < 4.78 is 23.2. The number of methoxy groups -OCH3 is 1. The van der Waals surface area contributed by atoms with Crippen molar-refractivity contribution in [1.29, 1.82) is 0 Å². The number of carboxylic acids is 1. The van der Waals surface area contributed by atoms with Crippen LogP contribution in [0.15, 0.2) is 11.6 Å². The Morgan fingerprint density at radius 2 is 1.92 bits per heavy atom. The molecule has 9 nitrogen and oxygen atoms in total. The summed E-state index contributed by atoms with van der Waals surface area (Å²) in [4.78, 5) is 38.5. The van der Waals surface area contributed by atoms with Crippen LogP contribution in [0.2, 0.25) is 0 Å². The molecule has 9 heteroatoms. The van der Waals surface area contributed by atoms with E-state index in [0.29, 0.717) is 18.8 Å². The largest absolute Gasteiger partial charge is 0.481 e. The van der Waals surface area contributed by atoms with Crippen molar-refractivity contribution < 1.29 is 43.5 Å². The molecule has 0 aromatic rings. The molecule has 4 fully saturated rings. The summed E-state index contributed by atoms with van der Waals surface area (Å²) in [5.74, 6) is -1.05. The van der Waals surface area contributed by atoms with Gasteiger partial charge in [-0.1, -0.05) is 38.8 Å². The van der Waals surface area contributed by atoms with E-state index in [2.05, 4.69) is 13.0 Å². The molecule has 0 amide bonds. The average Bonchev–Trinajstić information content (AvgIpc) is 3.42. The second-order valence-corrected chi connectivity index (χ2v) is 12.8. The highest BCUT2D eigenvalue weighted by Crippen LogP contribution is 2.82. The molecule has 12 unspecified atom stereocenters. The molecule has 12 atom stereocenters. The maximum absolute atomic E-state index is 13.6. The zero-order valence-corrected chi connectivity index (χ0v) is 23.2. The molecule has 0 spiro atoms. The lowest BCUT2D eigenvalue weighted by molar-refractivity contribution is -0.308. The first kappa shape index (κ1) is 27.7. The summed E-state index contributed by atoms with van der Waals surface area (Å²) in [7, 11) is 1.46. The minimum atomic E-state index is -1.37. The lowest BCUT2D eigenvalue weighted by Gasteiger charge is -2.58. The third kappa shape index (κ3) is 3.34. The van der Waals surface area contributed by atoms with Gasteiger partial charge in [-0.3, -0.25) is 9.59 Å². The number of aldehydes is 1. The molecule has 3 saturated carbocycles. The summed E-state index contributed by atoms with van der Waals surface area (Å²) in [6.07, 6.45) is 1.37. The van der Waals surface area contributed by atoms with Crippen LogP contribution in [-0.2, 0) is 33.3 Å². The minimum absolute atomic E-state index is 0.0150. The predicted octanol–water partition coefficient (Wildman–Crippen LogP) is 2.98. The summed E-state index contributed by atoms with van der Waals surface area (Å²) in [6, 6.07) is 0. The number of ether oxygens (including phenoxy) is 4. The molecule has 4 aliphatic carbocycles. The number of aliphatic carboxylic acids is 1. The van der Waals surface area contributed by atoms with Crippen LogP contribution in [0.1, 0.15) is 60.3 Å². The van der Waals surface area contributed by atoms with Gasteiger partial charge >= 0.3 is 11.9 Å². The smallest absolute Gasteiger partial charge is 0.315 e. The Bertz CT molecular complexity index is 1020. The van der Waals surface area contributed by atoms with Crippen molar-refractivity contribution in [3.05, 3.63) is 11.6 Å². The van der Waals surface area contributed by atoms with Gasteiger partial charge in [0, 0.05) is 19.4 Å². The molecule has 0 aromatic heterocycles. The third-order valence-corrected chi connectivity index (χ3v) is 11.0. The number of rotatable bonds is 8. The zero-order chi connectivity index (χ0) is 27.8. The number of carboxylic acid groups (broad SMARTS) is 1. The summed E-state index contributed by atoms with van der Waals surface area (Å²) in [5, 5.41) is 22.2. The van der Waals surface area contributed by atoms with Gasteiger partial charge in [0.05, 0.1) is 18.1 Å². The Hall–Kier alpha value is -1.81. The Balaban J connectivity index is 1.54. The highest BCUT2D eigenvalue weighted by molar-refractivity contribution is 5.90. The van der Waals surface area contributed by atoms with Gasteiger partial charge < -0.3 is 34.0 Å². The van der Waals surface area contributed by atoms with E-state index in [9.17, 15) is 24.6 Å². The Morgan fingerprint density at radius 1 is 1.21 bits per heavy atom. The molecule has 1 saturated heterocycles. The van der Waals surface area contributed by atoms with Crippen LogP contribution < -0.4 is 0 Å². The van der Waals surface area contributed by atoms with Crippen molar-refractivity contribution in [3.8, 4) is 0 Å². The van der Waals surface area contributed by atoms with Crippen molar-refractivity contribution in [2.75, 3.05) is 13.7 Å². The van der Waals surface area contributed by atoms with E-state index in [-0.39, 0.29) is 30.3 Å². The zero-order valence-electron chi connectivity index (χ0n) is 23.2. The van der Waals surface area contributed by atoms with Crippen molar-refractivity contribution in [2.24, 2.45) is 45.8 Å². The molecular formula is C29H42O9.